The van der Waals surface area contributed by atoms with E-state index in [9.17, 15) is 8.42 Å². The summed E-state index contributed by atoms with van der Waals surface area (Å²) >= 11 is 0. The molecule has 27 heavy (non-hydrogen) atoms. The Morgan fingerprint density at radius 1 is 0.963 bits per heavy atom. The summed E-state index contributed by atoms with van der Waals surface area (Å²) in [5.41, 5.74) is 3.69. The van der Waals surface area contributed by atoms with Crippen molar-refractivity contribution < 1.29 is 8.42 Å². The SMILES string of the molecule is CC(C)c1ccc(S(=O)(=O)NCCCc2ccc(N3CCCC3)cc2)cc1. The minimum atomic E-state index is -3.43. The number of hydrogen-bond donors (Lipinski definition) is 1. The van der Waals surface area contributed by atoms with E-state index >= 15 is 0 Å². The highest BCUT2D eigenvalue weighted by molar-refractivity contribution is 7.89. The highest BCUT2D eigenvalue weighted by Crippen LogP contribution is 2.21. The second-order valence-electron chi connectivity index (χ2n) is 7.59. The van der Waals surface area contributed by atoms with E-state index in [-0.39, 0.29) is 0 Å². The maximum Gasteiger partial charge on any atom is 0.240 e. The van der Waals surface area contributed by atoms with Gasteiger partial charge in [0.1, 0.15) is 0 Å². The number of hydrogen-bond acceptors (Lipinski definition) is 3. The molecule has 1 heterocycles. The lowest BCUT2D eigenvalue weighted by molar-refractivity contribution is 0.579. The molecule has 0 amide bonds. The van der Waals surface area contributed by atoms with Crippen LogP contribution in [-0.4, -0.2) is 28.1 Å². The Kier molecular flexibility index (Phi) is 6.55. The molecule has 1 aliphatic heterocycles. The second-order valence-corrected chi connectivity index (χ2v) is 9.35. The van der Waals surface area contributed by atoms with Crippen molar-refractivity contribution in [2.24, 2.45) is 0 Å². The van der Waals surface area contributed by atoms with Crippen LogP contribution in [0.25, 0.3) is 0 Å². The highest BCUT2D eigenvalue weighted by atomic mass is 32.2. The normalized spacial score (nSPS) is 14.9. The van der Waals surface area contributed by atoms with Crippen LogP contribution < -0.4 is 9.62 Å². The van der Waals surface area contributed by atoms with Crippen LogP contribution in [0.2, 0.25) is 0 Å². The van der Waals surface area contributed by atoms with Crippen LogP contribution in [0.4, 0.5) is 5.69 Å². The number of rotatable bonds is 8. The summed E-state index contributed by atoms with van der Waals surface area (Å²) in [6.45, 7) is 6.94. The van der Waals surface area contributed by atoms with Crippen LogP contribution >= 0.6 is 0 Å². The molecular weight excluding hydrogens is 356 g/mol. The van der Waals surface area contributed by atoms with Crippen LogP contribution in [0.5, 0.6) is 0 Å². The summed E-state index contributed by atoms with van der Waals surface area (Å²) in [6, 6.07) is 15.8. The molecule has 0 atom stereocenters. The zero-order chi connectivity index (χ0) is 19.3. The van der Waals surface area contributed by atoms with Crippen molar-refractivity contribution in [3.05, 3.63) is 59.7 Å². The summed E-state index contributed by atoms with van der Waals surface area (Å²) in [6.07, 6.45) is 4.21. The summed E-state index contributed by atoms with van der Waals surface area (Å²) in [4.78, 5) is 2.75. The van der Waals surface area contributed by atoms with Crippen molar-refractivity contribution in [2.45, 2.75) is 50.3 Å². The molecular formula is C22H30N2O2S. The second kappa shape index (κ2) is 8.89. The van der Waals surface area contributed by atoms with Gasteiger partial charge in [-0.25, -0.2) is 13.1 Å². The van der Waals surface area contributed by atoms with Crippen molar-refractivity contribution in [1.29, 1.82) is 0 Å². The average Bonchev–Trinajstić information content (AvgIpc) is 3.20. The van der Waals surface area contributed by atoms with E-state index in [1.54, 1.807) is 12.1 Å². The molecule has 0 radical (unpaired) electrons. The number of nitrogens with zero attached hydrogens (tertiary/aromatic N) is 1. The number of nitrogens with one attached hydrogen (secondary N) is 1. The van der Waals surface area contributed by atoms with Gasteiger partial charge in [0.2, 0.25) is 10.0 Å². The smallest absolute Gasteiger partial charge is 0.240 e. The van der Waals surface area contributed by atoms with Gasteiger partial charge in [-0.3, -0.25) is 0 Å². The molecule has 3 rings (SSSR count). The zero-order valence-corrected chi connectivity index (χ0v) is 17.1. The topological polar surface area (TPSA) is 49.4 Å². The van der Waals surface area contributed by atoms with Crippen LogP contribution in [0.1, 0.15) is 50.2 Å². The molecule has 0 unspecified atom stereocenters. The van der Waals surface area contributed by atoms with E-state index in [0.29, 0.717) is 17.4 Å². The van der Waals surface area contributed by atoms with Gasteiger partial charge in [0.15, 0.2) is 0 Å². The zero-order valence-electron chi connectivity index (χ0n) is 16.3. The number of benzene rings is 2. The first kappa shape index (κ1) is 19.9. The standard InChI is InChI=1S/C22H30N2O2S/c1-18(2)20-9-13-22(14-10-20)27(25,26)23-15-5-6-19-7-11-21(12-8-19)24-16-3-4-17-24/h7-14,18,23H,3-6,15-17H2,1-2H3. The molecule has 1 N–H and O–H groups in total. The molecule has 2 aromatic rings. The predicted octanol–water partition coefficient (Wildman–Crippen LogP) is 4.32. The Labute approximate surface area is 163 Å². The maximum absolute atomic E-state index is 12.4. The largest absolute Gasteiger partial charge is 0.372 e. The molecule has 0 spiro atoms. The quantitative estimate of drug-likeness (QED) is 0.687. The Morgan fingerprint density at radius 3 is 2.19 bits per heavy atom. The fourth-order valence-corrected chi connectivity index (χ4v) is 4.54. The Morgan fingerprint density at radius 2 is 1.59 bits per heavy atom. The average molecular weight is 387 g/mol. The summed E-state index contributed by atoms with van der Waals surface area (Å²) in [7, 11) is -3.43. The third kappa shape index (κ3) is 5.33. The molecule has 5 heteroatoms. The third-order valence-electron chi connectivity index (χ3n) is 5.20. The van der Waals surface area contributed by atoms with Crippen molar-refractivity contribution in [1.82, 2.24) is 4.72 Å². The molecule has 0 aromatic heterocycles. The molecule has 1 fully saturated rings. The molecule has 2 aromatic carbocycles. The monoisotopic (exact) mass is 386 g/mol. The van der Waals surface area contributed by atoms with E-state index in [2.05, 4.69) is 47.7 Å². The molecule has 0 bridgehead atoms. The number of sulfonamides is 1. The molecule has 146 valence electrons. The molecule has 0 aliphatic carbocycles. The van der Waals surface area contributed by atoms with Gasteiger partial charge in [-0.2, -0.15) is 0 Å². The number of anilines is 1. The molecule has 1 saturated heterocycles. The van der Waals surface area contributed by atoms with Gasteiger partial charge >= 0.3 is 0 Å². The first-order valence-electron chi connectivity index (χ1n) is 9.89. The first-order valence-corrected chi connectivity index (χ1v) is 11.4. The predicted molar refractivity (Wildman–Crippen MR) is 112 cm³/mol. The summed E-state index contributed by atoms with van der Waals surface area (Å²) < 4.78 is 27.5. The van der Waals surface area contributed by atoms with Gasteiger partial charge in [0, 0.05) is 25.3 Å². The lowest BCUT2D eigenvalue weighted by atomic mass is 10.0. The lowest BCUT2D eigenvalue weighted by Gasteiger charge is -2.17. The van der Waals surface area contributed by atoms with Crippen molar-refractivity contribution >= 4 is 15.7 Å². The summed E-state index contributed by atoms with van der Waals surface area (Å²) in [5.74, 6) is 0.395. The van der Waals surface area contributed by atoms with E-state index in [1.165, 1.54) is 24.1 Å². The highest BCUT2D eigenvalue weighted by Gasteiger charge is 2.14. The van der Waals surface area contributed by atoms with E-state index in [1.807, 2.05) is 12.1 Å². The van der Waals surface area contributed by atoms with Crippen LogP contribution in [0.3, 0.4) is 0 Å². The minimum Gasteiger partial charge on any atom is -0.372 e. The third-order valence-corrected chi connectivity index (χ3v) is 6.68. The maximum atomic E-state index is 12.4. The van der Waals surface area contributed by atoms with E-state index < -0.39 is 10.0 Å². The first-order chi connectivity index (χ1) is 13.0. The van der Waals surface area contributed by atoms with Gasteiger partial charge in [-0.1, -0.05) is 38.1 Å². The fraction of sp³-hybridized carbons (Fsp3) is 0.455. The van der Waals surface area contributed by atoms with Gasteiger partial charge in [0.25, 0.3) is 0 Å². The fourth-order valence-electron chi connectivity index (χ4n) is 3.46. The number of aryl methyl sites for hydroxylation is 1. The van der Waals surface area contributed by atoms with Crippen LogP contribution in [-0.2, 0) is 16.4 Å². The van der Waals surface area contributed by atoms with Crippen molar-refractivity contribution in [2.75, 3.05) is 24.5 Å². The molecule has 1 aliphatic rings. The molecule has 0 saturated carbocycles. The Bertz CT molecular complexity index is 822. The van der Waals surface area contributed by atoms with Crippen molar-refractivity contribution in [3.63, 3.8) is 0 Å². The lowest BCUT2D eigenvalue weighted by Crippen LogP contribution is -2.25. The van der Waals surface area contributed by atoms with Crippen molar-refractivity contribution in [3.8, 4) is 0 Å². The van der Waals surface area contributed by atoms with Crippen LogP contribution in [0.15, 0.2) is 53.4 Å². The van der Waals surface area contributed by atoms with Gasteiger partial charge in [0.05, 0.1) is 4.90 Å². The van der Waals surface area contributed by atoms with E-state index in [0.717, 1.165) is 31.5 Å². The minimum absolute atomic E-state index is 0.335. The molecule has 4 nitrogen and oxygen atoms in total. The van der Waals surface area contributed by atoms with Crippen LogP contribution in [0, 0.1) is 0 Å². The Balaban J connectivity index is 1.47. The van der Waals surface area contributed by atoms with Gasteiger partial charge < -0.3 is 4.90 Å². The van der Waals surface area contributed by atoms with Gasteiger partial charge in [-0.15, -0.1) is 0 Å². The summed E-state index contributed by atoms with van der Waals surface area (Å²) in [5, 5.41) is 0. The van der Waals surface area contributed by atoms with Gasteiger partial charge in [-0.05, 0) is 67.0 Å². The van der Waals surface area contributed by atoms with E-state index in [4.69, 9.17) is 0 Å². The Hall–Kier alpha value is -1.85.